The van der Waals surface area contributed by atoms with Crippen molar-refractivity contribution in [3.8, 4) is 5.88 Å². The summed E-state index contributed by atoms with van der Waals surface area (Å²) >= 11 is 2.00. The summed E-state index contributed by atoms with van der Waals surface area (Å²) < 4.78 is 5.10. The molecule has 3 rings (SSSR count). The van der Waals surface area contributed by atoms with Gasteiger partial charge >= 0.3 is 0 Å². The van der Waals surface area contributed by atoms with Crippen LogP contribution in [0.15, 0.2) is 12.1 Å². The van der Waals surface area contributed by atoms with Crippen LogP contribution in [0.3, 0.4) is 0 Å². The Kier molecular flexibility index (Phi) is 3.38. The highest BCUT2D eigenvalue weighted by atomic mass is 32.2. The van der Waals surface area contributed by atoms with Crippen LogP contribution in [-0.4, -0.2) is 46.2 Å². The first-order valence-corrected chi connectivity index (χ1v) is 7.21. The molecule has 5 nitrogen and oxygen atoms in total. The third kappa shape index (κ3) is 2.44. The van der Waals surface area contributed by atoms with Crippen LogP contribution >= 0.6 is 11.8 Å². The van der Waals surface area contributed by atoms with Crippen molar-refractivity contribution >= 4 is 22.9 Å². The van der Waals surface area contributed by atoms with Crippen molar-refractivity contribution in [2.24, 2.45) is 0 Å². The number of hydrogen-bond acceptors (Lipinski definition) is 5. The highest BCUT2D eigenvalue weighted by molar-refractivity contribution is 7.99. The minimum atomic E-state index is 0.506. The van der Waals surface area contributed by atoms with Gasteiger partial charge in [0.1, 0.15) is 5.82 Å². The lowest BCUT2D eigenvalue weighted by atomic mass is 10.2. The number of aromatic nitrogens is 3. The van der Waals surface area contributed by atoms with E-state index >= 15 is 0 Å². The van der Waals surface area contributed by atoms with Crippen molar-refractivity contribution in [3.63, 3.8) is 0 Å². The number of imidazole rings is 1. The van der Waals surface area contributed by atoms with Crippen LogP contribution in [0.5, 0.6) is 5.88 Å². The van der Waals surface area contributed by atoms with Crippen LogP contribution in [0, 0.1) is 0 Å². The van der Waals surface area contributed by atoms with Gasteiger partial charge in [-0.3, -0.25) is 0 Å². The minimum Gasteiger partial charge on any atom is -0.481 e. The Bertz CT molecular complexity index is 536. The zero-order chi connectivity index (χ0) is 12.4. The summed E-state index contributed by atoms with van der Waals surface area (Å²) in [6, 6.07) is 4.31. The van der Waals surface area contributed by atoms with E-state index in [-0.39, 0.29) is 0 Å². The number of hydrogen-bond donors (Lipinski definition) is 2. The van der Waals surface area contributed by atoms with Gasteiger partial charge in [0.2, 0.25) is 5.88 Å². The maximum Gasteiger partial charge on any atom is 0.215 e. The quantitative estimate of drug-likeness (QED) is 0.872. The molecule has 0 saturated carbocycles. The van der Waals surface area contributed by atoms with E-state index in [0.717, 1.165) is 35.7 Å². The van der Waals surface area contributed by atoms with Gasteiger partial charge in [0.15, 0.2) is 5.65 Å². The molecule has 2 aromatic rings. The Balaban J connectivity index is 1.79. The predicted octanol–water partition coefficient (Wildman–Crippen LogP) is 1.21. The summed E-state index contributed by atoms with van der Waals surface area (Å²) in [5, 5.41) is 3.51. The molecule has 6 heteroatoms. The molecule has 3 heterocycles. The summed E-state index contributed by atoms with van der Waals surface area (Å²) in [5.41, 5.74) is 1.70. The Hall–Kier alpha value is -1.27. The molecule has 1 atom stereocenters. The summed E-state index contributed by atoms with van der Waals surface area (Å²) in [7, 11) is 1.62. The van der Waals surface area contributed by atoms with E-state index < -0.39 is 0 Å². The number of pyridine rings is 1. The van der Waals surface area contributed by atoms with Gasteiger partial charge in [-0.2, -0.15) is 16.7 Å². The lowest BCUT2D eigenvalue weighted by Gasteiger charge is -2.21. The second kappa shape index (κ2) is 5.16. The molecule has 1 aliphatic heterocycles. The van der Waals surface area contributed by atoms with Crippen LogP contribution in [0.2, 0.25) is 0 Å². The number of aromatic amines is 1. The maximum absolute atomic E-state index is 5.10. The first-order chi connectivity index (χ1) is 8.85. The van der Waals surface area contributed by atoms with E-state index in [9.17, 15) is 0 Å². The Labute approximate surface area is 110 Å². The first-order valence-electron chi connectivity index (χ1n) is 6.06. The van der Waals surface area contributed by atoms with Gasteiger partial charge in [0, 0.05) is 36.6 Å². The molecule has 1 fully saturated rings. The van der Waals surface area contributed by atoms with E-state index in [1.807, 2.05) is 23.9 Å². The van der Waals surface area contributed by atoms with Crippen molar-refractivity contribution < 1.29 is 4.74 Å². The first kappa shape index (κ1) is 11.8. The number of fused-ring (bicyclic) bond motifs is 1. The molecule has 18 heavy (non-hydrogen) atoms. The van der Waals surface area contributed by atoms with Crippen LogP contribution in [-0.2, 0) is 6.42 Å². The lowest BCUT2D eigenvalue weighted by Crippen LogP contribution is -2.39. The van der Waals surface area contributed by atoms with Gasteiger partial charge in [0.25, 0.3) is 0 Å². The molecule has 96 valence electrons. The Morgan fingerprint density at radius 1 is 1.44 bits per heavy atom. The molecule has 0 spiro atoms. The molecule has 0 amide bonds. The van der Waals surface area contributed by atoms with Crippen molar-refractivity contribution in [1.82, 2.24) is 20.3 Å². The van der Waals surface area contributed by atoms with Gasteiger partial charge < -0.3 is 15.0 Å². The molecular formula is C12H16N4OS. The fraction of sp³-hybridized carbons (Fsp3) is 0.500. The molecule has 0 aromatic carbocycles. The van der Waals surface area contributed by atoms with Crippen molar-refractivity contribution in [3.05, 3.63) is 18.0 Å². The second-order valence-corrected chi connectivity index (χ2v) is 5.49. The summed E-state index contributed by atoms with van der Waals surface area (Å²) in [4.78, 5) is 12.2. The largest absolute Gasteiger partial charge is 0.481 e. The number of H-pyrrole nitrogens is 1. The Morgan fingerprint density at radius 3 is 3.17 bits per heavy atom. The van der Waals surface area contributed by atoms with E-state index in [2.05, 4.69) is 20.3 Å². The number of rotatable bonds is 3. The third-order valence-electron chi connectivity index (χ3n) is 3.02. The van der Waals surface area contributed by atoms with Gasteiger partial charge in [-0.15, -0.1) is 0 Å². The standard InChI is InChI=1S/C12H16N4OS/c1-17-11-3-2-9-12(16-11)15-10(14-9)6-8-7-18-5-4-13-8/h2-3,8,13H,4-7H2,1H3,(H,14,15,16). The molecule has 1 unspecified atom stereocenters. The summed E-state index contributed by atoms with van der Waals surface area (Å²) in [5.74, 6) is 3.95. The van der Waals surface area contributed by atoms with Gasteiger partial charge in [-0.05, 0) is 6.07 Å². The number of thioether (sulfide) groups is 1. The molecule has 0 bridgehead atoms. The zero-order valence-electron chi connectivity index (χ0n) is 10.3. The van der Waals surface area contributed by atoms with Gasteiger partial charge in [0.05, 0.1) is 12.6 Å². The smallest absolute Gasteiger partial charge is 0.215 e. The molecule has 0 radical (unpaired) electrons. The molecule has 1 saturated heterocycles. The minimum absolute atomic E-state index is 0.506. The summed E-state index contributed by atoms with van der Waals surface area (Å²) in [6.45, 7) is 1.08. The summed E-state index contributed by atoms with van der Waals surface area (Å²) in [6.07, 6.45) is 0.922. The fourth-order valence-corrected chi connectivity index (χ4v) is 3.07. The normalized spacial score (nSPS) is 20.2. The highest BCUT2D eigenvalue weighted by Crippen LogP contribution is 2.16. The number of nitrogens with one attached hydrogen (secondary N) is 2. The predicted molar refractivity (Wildman–Crippen MR) is 73.3 cm³/mol. The number of ether oxygens (including phenoxy) is 1. The molecule has 2 N–H and O–H groups in total. The average Bonchev–Trinajstić information content (AvgIpc) is 2.80. The molecule has 0 aliphatic carbocycles. The third-order valence-corrected chi connectivity index (χ3v) is 4.15. The number of methoxy groups -OCH3 is 1. The molecular weight excluding hydrogens is 248 g/mol. The van der Waals surface area contributed by atoms with Crippen LogP contribution in [0.25, 0.3) is 11.2 Å². The van der Waals surface area contributed by atoms with E-state index in [0.29, 0.717) is 11.9 Å². The van der Waals surface area contributed by atoms with Crippen molar-refractivity contribution in [1.29, 1.82) is 0 Å². The average molecular weight is 264 g/mol. The van der Waals surface area contributed by atoms with Gasteiger partial charge in [-0.1, -0.05) is 0 Å². The second-order valence-electron chi connectivity index (χ2n) is 4.34. The molecule has 1 aliphatic rings. The monoisotopic (exact) mass is 264 g/mol. The zero-order valence-corrected chi connectivity index (χ0v) is 11.1. The van der Waals surface area contributed by atoms with Crippen molar-refractivity contribution in [2.45, 2.75) is 12.5 Å². The Morgan fingerprint density at radius 2 is 2.39 bits per heavy atom. The van der Waals surface area contributed by atoms with Crippen LogP contribution < -0.4 is 10.1 Å². The maximum atomic E-state index is 5.10. The van der Waals surface area contributed by atoms with E-state index in [4.69, 9.17) is 4.74 Å². The highest BCUT2D eigenvalue weighted by Gasteiger charge is 2.15. The SMILES string of the molecule is COc1ccc2[nH]c(CC3CSCCN3)nc2n1. The fourth-order valence-electron chi connectivity index (χ4n) is 2.12. The molecule has 2 aromatic heterocycles. The van der Waals surface area contributed by atoms with Crippen molar-refractivity contribution in [2.75, 3.05) is 25.2 Å². The van der Waals surface area contributed by atoms with E-state index in [1.54, 1.807) is 7.11 Å². The lowest BCUT2D eigenvalue weighted by molar-refractivity contribution is 0.399. The van der Waals surface area contributed by atoms with Crippen LogP contribution in [0.1, 0.15) is 5.82 Å². The topological polar surface area (TPSA) is 62.8 Å². The van der Waals surface area contributed by atoms with Crippen LogP contribution in [0.4, 0.5) is 0 Å². The van der Waals surface area contributed by atoms with Gasteiger partial charge in [-0.25, -0.2) is 4.98 Å². The number of nitrogens with zero attached hydrogens (tertiary/aromatic N) is 2. The van der Waals surface area contributed by atoms with E-state index in [1.165, 1.54) is 5.75 Å².